The van der Waals surface area contributed by atoms with Crippen LogP contribution in [0, 0.1) is 6.92 Å². The van der Waals surface area contributed by atoms with Crippen molar-refractivity contribution in [3.05, 3.63) is 53.6 Å². The van der Waals surface area contributed by atoms with E-state index >= 15 is 0 Å². The van der Waals surface area contributed by atoms with Crippen molar-refractivity contribution in [1.82, 2.24) is 0 Å². The highest BCUT2D eigenvalue weighted by Crippen LogP contribution is 2.22. The average molecular weight is 321 g/mol. The van der Waals surface area contributed by atoms with Gasteiger partial charge in [-0.05, 0) is 42.8 Å². The molecular formula is C15H17N2O4S+. The fourth-order valence-electron chi connectivity index (χ4n) is 1.95. The molecule has 0 aromatic heterocycles. The summed E-state index contributed by atoms with van der Waals surface area (Å²) in [6.45, 7) is 1.90. The van der Waals surface area contributed by atoms with Gasteiger partial charge in [-0.15, -0.1) is 0 Å². The lowest BCUT2D eigenvalue weighted by atomic mass is 10.1. The third-order valence-electron chi connectivity index (χ3n) is 3.05. The maximum Gasteiger partial charge on any atom is 0.322 e. The molecule has 22 heavy (non-hydrogen) atoms. The van der Waals surface area contributed by atoms with E-state index in [1.54, 1.807) is 30.3 Å². The molecule has 0 spiro atoms. The summed E-state index contributed by atoms with van der Waals surface area (Å²) in [5.74, 6) is 0.0777. The molecule has 1 amide bonds. The van der Waals surface area contributed by atoms with Gasteiger partial charge in [-0.1, -0.05) is 12.1 Å². The minimum absolute atomic E-state index is 0.0428. The summed E-state index contributed by atoms with van der Waals surface area (Å²) < 4.78 is 28.1. The first kappa shape index (κ1) is 16.0. The highest BCUT2D eigenvalue weighted by molar-refractivity contribution is 7.84. The van der Waals surface area contributed by atoms with E-state index in [-0.39, 0.29) is 10.8 Å². The van der Waals surface area contributed by atoms with Crippen molar-refractivity contribution in [2.45, 2.75) is 11.8 Å². The van der Waals surface area contributed by atoms with E-state index in [4.69, 9.17) is 4.74 Å². The number of carbonyl (C=O) groups is 1. The Morgan fingerprint density at radius 2 is 1.91 bits per heavy atom. The Kier molecular flexibility index (Phi) is 4.48. The summed E-state index contributed by atoms with van der Waals surface area (Å²) in [5.41, 5.74) is 1.71. The van der Waals surface area contributed by atoms with Crippen molar-refractivity contribution in [3.63, 3.8) is 0 Å². The molecule has 0 atom stereocenters. The molecule has 0 aliphatic carbocycles. The van der Waals surface area contributed by atoms with Gasteiger partial charge in [0.1, 0.15) is 10.6 Å². The number of sulfonamides is 1. The van der Waals surface area contributed by atoms with Crippen molar-refractivity contribution in [2.24, 2.45) is 0 Å². The van der Waals surface area contributed by atoms with E-state index in [1.165, 1.54) is 19.2 Å². The summed E-state index contributed by atoms with van der Waals surface area (Å²) in [5, 5.41) is 5.75. The number of carbonyl (C=O) groups excluding carboxylic acids is 1. The molecule has 2 aromatic carbocycles. The van der Waals surface area contributed by atoms with Crippen LogP contribution < -0.4 is 15.2 Å². The van der Waals surface area contributed by atoms with Crippen molar-refractivity contribution < 1.29 is 23.1 Å². The Balaban J connectivity index is 2.30. The van der Waals surface area contributed by atoms with Gasteiger partial charge in [0.05, 0.1) is 12.7 Å². The van der Waals surface area contributed by atoms with Gasteiger partial charge in [0.25, 0.3) is 5.91 Å². The van der Waals surface area contributed by atoms with Crippen molar-refractivity contribution in [3.8, 4) is 5.75 Å². The number of quaternary nitrogens is 1. The van der Waals surface area contributed by atoms with Gasteiger partial charge >= 0.3 is 10.0 Å². The lowest BCUT2D eigenvalue weighted by Gasteiger charge is -2.10. The first-order valence-electron chi connectivity index (χ1n) is 6.45. The second kappa shape index (κ2) is 6.17. The third-order valence-corrected chi connectivity index (χ3v) is 4.02. The van der Waals surface area contributed by atoms with Crippen LogP contribution in [-0.2, 0) is 10.0 Å². The zero-order chi connectivity index (χ0) is 16.3. The van der Waals surface area contributed by atoms with Crippen LogP contribution in [-0.4, -0.2) is 21.4 Å². The molecule has 6 nitrogen and oxygen atoms in total. The molecule has 0 fully saturated rings. The minimum atomic E-state index is -3.57. The molecule has 0 aliphatic rings. The van der Waals surface area contributed by atoms with Gasteiger partial charge in [-0.3, -0.25) is 4.79 Å². The number of anilines is 1. The predicted molar refractivity (Wildman–Crippen MR) is 82.2 cm³/mol. The van der Waals surface area contributed by atoms with Crippen molar-refractivity contribution >= 4 is 21.6 Å². The fourth-order valence-corrected chi connectivity index (χ4v) is 2.54. The molecule has 0 saturated carbocycles. The normalized spacial score (nSPS) is 11.0. The minimum Gasteiger partial charge on any atom is -0.496 e. The van der Waals surface area contributed by atoms with Crippen LogP contribution in [0.4, 0.5) is 5.69 Å². The first-order chi connectivity index (χ1) is 10.3. The summed E-state index contributed by atoms with van der Waals surface area (Å²) in [7, 11) is -2.08. The molecule has 2 aromatic rings. The Labute approximate surface area is 129 Å². The van der Waals surface area contributed by atoms with E-state index in [0.29, 0.717) is 17.0 Å². The zero-order valence-electron chi connectivity index (χ0n) is 12.3. The quantitative estimate of drug-likeness (QED) is 0.883. The molecule has 0 saturated heterocycles. The maximum atomic E-state index is 12.3. The zero-order valence-corrected chi connectivity index (χ0v) is 13.1. The molecule has 0 radical (unpaired) electrons. The third kappa shape index (κ3) is 3.63. The lowest BCUT2D eigenvalue weighted by molar-refractivity contribution is -0.164. The van der Waals surface area contributed by atoms with E-state index in [2.05, 4.69) is 10.5 Å². The Bertz CT molecular complexity index is 816. The van der Waals surface area contributed by atoms with Crippen LogP contribution >= 0.6 is 0 Å². The average Bonchev–Trinajstić information content (AvgIpc) is 2.46. The molecule has 4 N–H and O–H groups in total. The van der Waals surface area contributed by atoms with E-state index in [1.807, 2.05) is 6.92 Å². The molecule has 2 rings (SSSR count). The fraction of sp³-hybridized carbons (Fsp3) is 0.133. The molecule has 7 heteroatoms. The maximum absolute atomic E-state index is 12.3. The van der Waals surface area contributed by atoms with Crippen LogP contribution in [0.25, 0.3) is 0 Å². The highest BCUT2D eigenvalue weighted by Gasteiger charge is 2.15. The summed E-state index contributed by atoms with van der Waals surface area (Å²) in [4.78, 5) is 12.4. The lowest BCUT2D eigenvalue weighted by Crippen LogP contribution is -2.56. The highest BCUT2D eigenvalue weighted by atomic mass is 32.2. The second-order valence-corrected chi connectivity index (χ2v) is 6.50. The number of hydrogen-bond acceptors (Lipinski definition) is 4. The number of rotatable bonds is 4. The van der Waals surface area contributed by atoms with Gasteiger partial charge < -0.3 is 10.1 Å². The molecule has 116 valence electrons. The number of amides is 1. The topological polar surface area (TPSA) is 100 Å². The second-order valence-electron chi connectivity index (χ2n) is 4.80. The molecule has 0 heterocycles. The molecular weight excluding hydrogens is 304 g/mol. The number of ether oxygens (including phenoxy) is 1. The Hall–Kier alpha value is -2.38. The molecule has 0 aliphatic heterocycles. The van der Waals surface area contributed by atoms with Gasteiger partial charge in [-0.25, -0.2) is 5.14 Å². The number of benzene rings is 2. The van der Waals surface area contributed by atoms with Crippen molar-refractivity contribution in [2.75, 3.05) is 12.4 Å². The Morgan fingerprint density at radius 3 is 2.55 bits per heavy atom. The number of methoxy groups -OCH3 is 1. The summed E-state index contributed by atoms with van der Waals surface area (Å²) in [6, 6.07) is 11.1. The summed E-state index contributed by atoms with van der Waals surface area (Å²) >= 11 is 0. The number of hydrogen-bond donors (Lipinski definition) is 2. The number of aryl methyl sites for hydroxylation is 1. The van der Waals surface area contributed by atoms with Crippen LogP contribution in [0.5, 0.6) is 5.75 Å². The monoisotopic (exact) mass is 321 g/mol. The van der Waals surface area contributed by atoms with Gasteiger partial charge in [0.2, 0.25) is 0 Å². The van der Waals surface area contributed by atoms with E-state index < -0.39 is 10.0 Å². The molecule has 0 bridgehead atoms. The van der Waals surface area contributed by atoms with Crippen LogP contribution in [0.1, 0.15) is 15.9 Å². The largest absolute Gasteiger partial charge is 0.496 e. The van der Waals surface area contributed by atoms with Gasteiger partial charge in [0, 0.05) is 5.69 Å². The standard InChI is InChI=1S/C15H16N2O4S/c1-10-6-7-13(14(8-10)21-2)15(18)17-11-4-3-5-12(9-11)22(16,19)20/h3-9H,1-2H3,(H,17,18)(H2,16,19,20)/p+1. The summed E-state index contributed by atoms with van der Waals surface area (Å²) in [6.07, 6.45) is 0. The van der Waals surface area contributed by atoms with Crippen molar-refractivity contribution in [1.29, 1.82) is 0 Å². The van der Waals surface area contributed by atoms with Crippen LogP contribution in [0.2, 0.25) is 0 Å². The van der Waals surface area contributed by atoms with Gasteiger partial charge in [-0.2, -0.15) is 8.42 Å². The van der Waals surface area contributed by atoms with E-state index in [0.717, 1.165) is 5.56 Å². The Morgan fingerprint density at radius 1 is 1.18 bits per heavy atom. The van der Waals surface area contributed by atoms with E-state index in [9.17, 15) is 13.2 Å². The van der Waals surface area contributed by atoms with Crippen LogP contribution in [0.3, 0.4) is 0 Å². The number of nitrogens with one attached hydrogen (secondary N) is 1. The smallest absolute Gasteiger partial charge is 0.322 e. The van der Waals surface area contributed by atoms with Crippen LogP contribution in [0.15, 0.2) is 47.4 Å². The first-order valence-corrected chi connectivity index (χ1v) is 8.10. The SMILES string of the molecule is COc1cc(C)ccc1C(=O)Nc1cccc(S([NH3+])(=O)=O)c1. The predicted octanol–water partition coefficient (Wildman–Crippen LogP) is 1.19. The van der Waals surface area contributed by atoms with Gasteiger partial charge in [0.15, 0.2) is 0 Å². The molecule has 0 unspecified atom stereocenters.